The Kier molecular flexibility index (Phi) is 4.04. The molecule has 1 aromatic rings. The summed E-state index contributed by atoms with van der Waals surface area (Å²) in [6.07, 6.45) is 2.82. The van der Waals surface area contributed by atoms with Crippen molar-refractivity contribution in [3.8, 4) is 0 Å². The van der Waals surface area contributed by atoms with E-state index in [2.05, 4.69) is 20.8 Å². The first-order chi connectivity index (χ1) is 11.1. The van der Waals surface area contributed by atoms with Gasteiger partial charge in [0.05, 0.1) is 17.6 Å². The minimum absolute atomic E-state index is 0.0272. The third-order valence-electron chi connectivity index (χ3n) is 5.23. The number of sulfonamides is 1. The van der Waals surface area contributed by atoms with Crippen LogP contribution in [0.3, 0.4) is 0 Å². The molecule has 1 heterocycles. The highest BCUT2D eigenvalue weighted by molar-refractivity contribution is 7.89. The van der Waals surface area contributed by atoms with Gasteiger partial charge in [-0.2, -0.15) is 4.31 Å². The van der Waals surface area contributed by atoms with Gasteiger partial charge in [-0.3, -0.25) is 0 Å². The molecule has 0 radical (unpaired) electrons. The Bertz CT molecular complexity index is 771. The number of fused-ring (bicyclic) bond motifs is 2. The molecule has 1 aliphatic heterocycles. The van der Waals surface area contributed by atoms with Crippen LogP contribution >= 0.6 is 0 Å². The van der Waals surface area contributed by atoms with Crippen molar-refractivity contribution >= 4 is 16.0 Å². The van der Waals surface area contributed by atoms with Gasteiger partial charge in [0.2, 0.25) is 10.0 Å². The lowest BCUT2D eigenvalue weighted by atomic mass is 9.65. The Balaban J connectivity index is 1.96. The molecular weight excluding hydrogens is 326 g/mol. The third-order valence-corrected chi connectivity index (χ3v) is 7.12. The molecule has 2 bridgehead atoms. The number of esters is 1. The summed E-state index contributed by atoms with van der Waals surface area (Å²) in [5.74, 6) is -0.527. The number of rotatable bonds is 3. The molecule has 0 N–H and O–H groups in total. The van der Waals surface area contributed by atoms with Crippen molar-refractivity contribution in [1.29, 1.82) is 0 Å². The lowest BCUT2D eigenvalue weighted by molar-refractivity contribution is 0.0600. The van der Waals surface area contributed by atoms with E-state index < -0.39 is 16.0 Å². The molecule has 1 aliphatic carbocycles. The second-order valence-electron chi connectivity index (χ2n) is 8.28. The molecule has 1 saturated carbocycles. The summed E-state index contributed by atoms with van der Waals surface area (Å²) in [6, 6.07) is 6.16. The van der Waals surface area contributed by atoms with E-state index in [0.717, 1.165) is 19.3 Å². The van der Waals surface area contributed by atoms with Gasteiger partial charge < -0.3 is 4.74 Å². The maximum absolute atomic E-state index is 13.2. The predicted molar refractivity (Wildman–Crippen MR) is 91.2 cm³/mol. The summed E-state index contributed by atoms with van der Waals surface area (Å²) in [5.41, 5.74) is 0.433. The van der Waals surface area contributed by atoms with Crippen LogP contribution in [-0.2, 0) is 14.8 Å². The molecule has 5 nitrogen and oxygen atoms in total. The highest BCUT2D eigenvalue weighted by Crippen LogP contribution is 2.53. The van der Waals surface area contributed by atoms with Crippen LogP contribution in [0.4, 0.5) is 0 Å². The van der Waals surface area contributed by atoms with Crippen molar-refractivity contribution in [2.45, 2.75) is 51.0 Å². The van der Waals surface area contributed by atoms with E-state index in [9.17, 15) is 13.2 Å². The highest BCUT2D eigenvalue weighted by Gasteiger charge is 2.53. The quantitative estimate of drug-likeness (QED) is 0.785. The Hall–Kier alpha value is -1.40. The number of hydrogen-bond donors (Lipinski definition) is 0. The van der Waals surface area contributed by atoms with E-state index in [-0.39, 0.29) is 27.3 Å². The number of hydrogen-bond acceptors (Lipinski definition) is 4. The second-order valence-corrected chi connectivity index (χ2v) is 10.2. The number of nitrogens with zero attached hydrogens (tertiary/aromatic N) is 1. The number of benzene rings is 1. The summed E-state index contributed by atoms with van der Waals surface area (Å²) in [5, 5.41) is 0. The fourth-order valence-corrected chi connectivity index (χ4v) is 6.55. The molecule has 0 aromatic heterocycles. The molecule has 0 unspecified atom stereocenters. The van der Waals surface area contributed by atoms with Crippen LogP contribution in [0, 0.1) is 10.8 Å². The topological polar surface area (TPSA) is 63.7 Å². The summed E-state index contributed by atoms with van der Waals surface area (Å²) < 4.78 is 32.7. The van der Waals surface area contributed by atoms with Gasteiger partial charge >= 0.3 is 5.97 Å². The van der Waals surface area contributed by atoms with E-state index in [4.69, 9.17) is 4.74 Å². The normalized spacial score (nSPS) is 29.4. The summed E-state index contributed by atoms with van der Waals surface area (Å²) >= 11 is 0. The van der Waals surface area contributed by atoms with Gasteiger partial charge in [0, 0.05) is 12.6 Å². The molecule has 24 heavy (non-hydrogen) atoms. The van der Waals surface area contributed by atoms with Gasteiger partial charge in [-0.1, -0.05) is 26.8 Å². The zero-order valence-electron chi connectivity index (χ0n) is 14.7. The minimum Gasteiger partial charge on any atom is -0.465 e. The van der Waals surface area contributed by atoms with Crippen molar-refractivity contribution in [3.63, 3.8) is 0 Å². The molecule has 0 spiro atoms. The maximum atomic E-state index is 13.2. The standard InChI is InChI=1S/C18H25NO4S/c1-17(2)9-14-10-18(3,11-17)12-19(14)24(21,22)15-7-5-6-13(8-15)16(20)23-4/h5-8,14H,9-12H2,1-4H3/t14-,18+/m0/s1. The number of carbonyl (C=O) groups is 1. The van der Waals surface area contributed by atoms with Gasteiger partial charge in [0.15, 0.2) is 0 Å². The first-order valence-corrected chi connectivity index (χ1v) is 9.71. The SMILES string of the molecule is COC(=O)c1cccc(S(=O)(=O)N2C[C@]3(C)C[C@@H]2CC(C)(C)C3)c1. The summed E-state index contributed by atoms with van der Waals surface area (Å²) in [4.78, 5) is 11.9. The fourth-order valence-electron chi connectivity index (χ4n) is 4.73. The average Bonchev–Trinajstić information content (AvgIpc) is 2.76. The molecule has 0 amide bonds. The van der Waals surface area contributed by atoms with Crippen LogP contribution in [0.25, 0.3) is 0 Å². The Morgan fingerprint density at radius 2 is 1.96 bits per heavy atom. The van der Waals surface area contributed by atoms with Crippen molar-refractivity contribution in [3.05, 3.63) is 29.8 Å². The molecule has 132 valence electrons. The zero-order chi connectivity index (χ0) is 17.8. The van der Waals surface area contributed by atoms with Crippen molar-refractivity contribution < 1.29 is 17.9 Å². The van der Waals surface area contributed by atoms with Gasteiger partial charge in [-0.25, -0.2) is 13.2 Å². The van der Waals surface area contributed by atoms with Crippen molar-refractivity contribution in [1.82, 2.24) is 4.31 Å². The Labute approximate surface area is 144 Å². The van der Waals surface area contributed by atoms with Gasteiger partial charge in [-0.05, 0) is 48.3 Å². The molecule has 2 fully saturated rings. The zero-order valence-corrected chi connectivity index (χ0v) is 15.5. The van der Waals surface area contributed by atoms with E-state index in [0.29, 0.717) is 6.54 Å². The molecule has 6 heteroatoms. The smallest absolute Gasteiger partial charge is 0.337 e. The lowest BCUT2D eigenvalue weighted by Crippen LogP contribution is -2.37. The summed E-state index contributed by atoms with van der Waals surface area (Å²) in [7, 11) is -2.33. The van der Waals surface area contributed by atoms with Crippen LogP contribution in [0.5, 0.6) is 0 Å². The monoisotopic (exact) mass is 351 g/mol. The number of methoxy groups -OCH3 is 1. The molecule has 3 rings (SSSR count). The Morgan fingerprint density at radius 1 is 1.25 bits per heavy atom. The molecule has 1 saturated heterocycles. The van der Waals surface area contributed by atoms with Crippen LogP contribution in [0.1, 0.15) is 50.4 Å². The molecule has 2 atom stereocenters. The molecule has 2 aliphatic rings. The van der Waals surface area contributed by atoms with E-state index in [1.807, 2.05) is 0 Å². The van der Waals surface area contributed by atoms with Crippen LogP contribution in [0.15, 0.2) is 29.2 Å². The first-order valence-electron chi connectivity index (χ1n) is 8.27. The van der Waals surface area contributed by atoms with Crippen molar-refractivity contribution in [2.24, 2.45) is 10.8 Å². The van der Waals surface area contributed by atoms with Crippen LogP contribution in [0.2, 0.25) is 0 Å². The maximum Gasteiger partial charge on any atom is 0.337 e. The van der Waals surface area contributed by atoms with Crippen molar-refractivity contribution in [2.75, 3.05) is 13.7 Å². The van der Waals surface area contributed by atoms with E-state index >= 15 is 0 Å². The second kappa shape index (κ2) is 5.56. The third kappa shape index (κ3) is 2.97. The average molecular weight is 351 g/mol. The van der Waals surface area contributed by atoms with Crippen LogP contribution in [-0.4, -0.2) is 38.4 Å². The number of carbonyl (C=O) groups excluding carboxylic acids is 1. The largest absolute Gasteiger partial charge is 0.465 e. The van der Waals surface area contributed by atoms with E-state index in [1.54, 1.807) is 22.5 Å². The van der Waals surface area contributed by atoms with Gasteiger partial charge in [0.1, 0.15) is 0 Å². The van der Waals surface area contributed by atoms with Gasteiger partial charge in [-0.15, -0.1) is 0 Å². The highest BCUT2D eigenvalue weighted by atomic mass is 32.2. The molecular formula is C18H25NO4S. The number of ether oxygens (including phenoxy) is 1. The predicted octanol–water partition coefficient (Wildman–Crippen LogP) is 3.06. The fraction of sp³-hybridized carbons (Fsp3) is 0.611. The lowest BCUT2D eigenvalue weighted by Gasteiger charge is -2.39. The first kappa shape index (κ1) is 17.4. The van der Waals surface area contributed by atoms with E-state index in [1.165, 1.54) is 13.2 Å². The van der Waals surface area contributed by atoms with Gasteiger partial charge in [0.25, 0.3) is 0 Å². The van der Waals surface area contributed by atoms with Crippen LogP contribution < -0.4 is 0 Å². The molecule has 1 aromatic carbocycles. The summed E-state index contributed by atoms with van der Waals surface area (Å²) in [6.45, 7) is 7.16. The Morgan fingerprint density at radius 3 is 2.62 bits per heavy atom. The minimum atomic E-state index is -3.62.